The van der Waals surface area contributed by atoms with Gasteiger partial charge in [-0.3, -0.25) is 0 Å². The van der Waals surface area contributed by atoms with Gasteiger partial charge in [-0.05, 0) is 18.2 Å². The van der Waals surface area contributed by atoms with Gasteiger partial charge in [0.15, 0.2) is 17.5 Å². The zero-order chi connectivity index (χ0) is 16.8. The second kappa shape index (κ2) is 9.36. The van der Waals surface area contributed by atoms with Crippen LogP contribution in [0.2, 0.25) is 0 Å². The summed E-state index contributed by atoms with van der Waals surface area (Å²) in [5, 5.41) is 3.07. The number of para-hydroxylation sites is 3. The minimum absolute atomic E-state index is 0. The average Bonchev–Trinajstić information content (AvgIpc) is 2.64. The zero-order valence-electron chi connectivity index (χ0n) is 14.0. The van der Waals surface area contributed by atoms with E-state index >= 15 is 0 Å². The Morgan fingerprint density at radius 2 is 1.92 bits per heavy atom. The summed E-state index contributed by atoms with van der Waals surface area (Å²) in [6, 6.07) is 15.4. The number of guanidine groups is 1. The third-order valence-corrected chi connectivity index (χ3v) is 3.69. The number of hydrogen-bond donors (Lipinski definition) is 2. The number of aliphatic imine (C=N–C) groups is 1. The van der Waals surface area contributed by atoms with Crippen molar-refractivity contribution in [1.29, 1.82) is 0 Å². The van der Waals surface area contributed by atoms with Crippen LogP contribution >= 0.6 is 24.0 Å². The lowest BCUT2D eigenvalue weighted by atomic mass is 10.2. The van der Waals surface area contributed by atoms with E-state index in [0.29, 0.717) is 25.7 Å². The topological polar surface area (TPSA) is 78.1 Å². The Bertz CT molecular complexity index is 724. The Morgan fingerprint density at radius 3 is 2.72 bits per heavy atom. The molecule has 134 valence electrons. The van der Waals surface area contributed by atoms with Gasteiger partial charge in [0.2, 0.25) is 0 Å². The number of nitrogens with one attached hydrogen (secondary N) is 1. The van der Waals surface area contributed by atoms with Crippen molar-refractivity contribution in [3.63, 3.8) is 0 Å². The molecule has 0 saturated carbocycles. The highest BCUT2D eigenvalue weighted by molar-refractivity contribution is 14.0. The fourth-order valence-corrected chi connectivity index (χ4v) is 2.44. The molecule has 1 aliphatic heterocycles. The van der Waals surface area contributed by atoms with Gasteiger partial charge in [-0.15, -0.1) is 24.0 Å². The lowest BCUT2D eigenvalue weighted by molar-refractivity contribution is 0.0937. The van der Waals surface area contributed by atoms with Gasteiger partial charge in [0.25, 0.3) is 0 Å². The van der Waals surface area contributed by atoms with Crippen molar-refractivity contribution in [2.24, 2.45) is 10.7 Å². The van der Waals surface area contributed by atoms with E-state index in [1.807, 2.05) is 48.5 Å². The van der Waals surface area contributed by atoms with Crippen molar-refractivity contribution < 1.29 is 14.2 Å². The molecular formula is C18H22IN3O3. The Morgan fingerprint density at radius 1 is 1.20 bits per heavy atom. The molecule has 0 aliphatic carbocycles. The van der Waals surface area contributed by atoms with E-state index in [1.165, 1.54) is 0 Å². The standard InChI is InChI=1S/C18H21N3O3.HI/c1-22-15-7-3-2-6-13(15)10-20-18(19)21-11-14-12-23-16-8-4-5-9-17(16)24-14;/h2-9,14H,10-12H2,1H3,(H3,19,20,21);1H. The first-order valence-corrected chi connectivity index (χ1v) is 7.80. The van der Waals surface area contributed by atoms with Crippen molar-refractivity contribution in [1.82, 2.24) is 5.32 Å². The van der Waals surface area contributed by atoms with Gasteiger partial charge in [-0.1, -0.05) is 30.3 Å². The SMILES string of the molecule is COc1ccccc1CN=C(N)NCC1COc2ccccc2O1.I. The zero-order valence-corrected chi connectivity index (χ0v) is 16.3. The van der Waals surface area contributed by atoms with E-state index in [0.717, 1.165) is 22.8 Å². The first kappa shape index (κ1) is 19.2. The normalized spacial score (nSPS) is 15.9. The minimum Gasteiger partial charge on any atom is -0.496 e. The third kappa shape index (κ3) is 5.15. The van der Waals surface area contributed by atoms with Crippen LogP contribution in [0, 0.1) is 0 Å². The molecule has 1 aliphatic rings. The van der Waals surface area contributed by atoms with Gasteiger partial charge in [0, 0.05) is 5.56 Å². The molecule has 6 nitrogen and oxygen atoms in total. The summed E-state index contributed by atoms with van der Waals surface area (Å²) in [4.78, 5) is 4.34. The number of methoxy groups -OCH3 is 1. The Labute approximate surface area is 164 Å². The van der Waals surface area contributed by atoms with Gasteiger partial charge in [-0.25, -0.2) is 4.99 Å². The molecule has 1 heterocycles. The maximum Gasteiger partial charge on any atom is 0.189 e. The number of fused-ring (bicyclic) bond motifs is 1. The molecule has 0 amide bonds. The highest BCUT2D eigenvalue weighted by Gasteiger charge is 2.20. The lowest BCUT2D eigenvalue weighted by Gasteiger charge is -2.26. The number of hydrogen-bond acceptors (Lipinski definition) is 4. The summed E-state index contributed by atoms with van der Waals surface area (Å²) >= 11 is 0. The summed E-state index contributed by atoms with van der Waals surface area (Å²) in [6.07, 6.45) is -0.111. The minimum atomic E-state index is -0.111. The summed E-state index contributed by atoms with van der Waals surface area (Å²) in [5.41, 5.74) is 6.91. The van der Waals surface area contributed by atoms with Crippen LogP contribution in [-0.2, 0) is 6.54 Å². The van der Waals surface area contributed by atoms with Crippen LogP contribution in [0.4, 0.5) is 0 Å². The number of benzene rings is 2. The van der Waals surface area contributed by atoms with Crippen molar-refractivity contribution in [2.75, 3.05) is 20.3 Å². The van der Waals surface area contributed by atoms with Crippen LogP contribution in [0.1, 0.15) is 5.56 Å². The van der Waals surface area contributed by atoms with E-state index in [1.54, 1.807) is 7.11 Å². The van der Waals surface area contributed by atoms with Crippen molar-refractivity contribution in [3.8, 4) is 17.2 Å². The van der Waals surface area contributed by atoms with Gasteiger partial charge in [0.05, 0.1) is 20.2 Å². The van der Waals surface area contributed by atoms with Crippen LogP contribution in [0.25, 0.3) is 0 Å². The van der Waals surface area contributed by atoms with Crippen LogP contribution < -0.4 is 25.3 Å². The molecule has 0 aromatic heterocycles. The molecule has 7 heteroatoms. The first-order chi connectivity index (χ1) is 11.8. The first-order valence-electron chi connectivity index (χ1n) is 7.80. The molecule has 25 heavy (non-hydrogen) atoms. The van der Waals surface area contributed by atoms with E-state index in [4.69, 9.17) is 19.9 Å². The van der Waals surface area contributed by atoms with E-state index < -0.39 is 0 Å². The van der Waals surface area contributed by atoms with Crippen LogP contribution in [0.15, 0.2) is 53.5 Å². The monoisotopic (exact) mass is 455 g/mol. The molecule has 2 aromatic rings. The molecule has 0 bridgehead atoms. The van der Waals surface area contributed by atoms with Gasteiger partial charge in [0.1, 0.15) is 18.5 Å². The van der Waals surface area contributed by atoms with E-state index in [2.05, 4.69) is 10.3 Å². The number of ether oxygens (including phenoxy) is 3. The Hall–Kier alpha value is -2.16. The second-order valence-corrected chi connectivity index (χ2v) is 5.39. The fraction of sp³-hybridized carbons (Fsp3) is 0.278. The predicted molar refractivity (Wildman–Crippen MR) is 108 cm³/mol. The number of halogens is 1. The molecule has 2 aromatic carbocycles. The largest absolute Gasteiger partial charge is 0.496 e. The van der Waals surface area contributed by atoms with Crippen LogP contribution in [0.5, 0.6) is 17.2 Å². The maximum atomic E-state index is 5.93. The van der Waals surface area contributed by atoms with Gasteiger partial charge < -0.3 is 25.3 Å². The molecule has 3 N–H and O–H groups in total. The quantitative estimate of drug-likeness (QED) is 0.412. The molecule has 0 fully saturated rings. The van der Waals surface area contributed by atoms with E-state index in [9.17, 15) is 0 Å². The van der Waals surface area contributed by atoms with Crippen molar-refractivity contribution in [3.05, 3.63) is 54.1 Å². The average molecular weight is 455 g/mol. The van der Waals surface area contributed by atoms with Crippen molar-refractivity contribution >= 4 is 29.9 Å². The smallest absolute Gasteiger partial charge is 0.189 e. The molecule has 0 radical (unpaired) electrons. The highest BCUT2D eigenvalue weighted by atomic mass is 127. The molecule has 0 spiro atoms. The Kier molecular flexibility index (Phi) is 7.17. The fourth-order valence-electron chi connectivity index (χ4n) is 2.44. The Balaban J connectivity index is 0.00000225. The third-order valence-electron chi connectivity index (χ3n) is 3.69. The summed E-state index contributed by atoms with van der Waals surface area (Å²) in [6.45, 7) is 1.45. The second-order valence-electron chi connectivity index (χ2n) is 5.39. The number of nitrogens with zero attached hydrogens (tertiary/aromatic N) is 1. The lowest BCUT2D eigenvalue weighted by Crippen LogP contribution is -2.43. The maximum absolute atomic E-state index is 5.93. The molecule has 1 unspecified atom stereocenters. The van der Waals surface area contributed by atoms with Crippen molar-refractivity contribution in [2.45, 2.75) is 12.6 Å². The van der Waals surface area contributed by atoms with Crippen LogP contribution in [-0.4, -0.2) is 32.3 Å². The van der Waals surface area contributed by atoms with Gasteiger partial charge >= 0.3 is 0 Å². The van der Waals surface area contributed by atoms with E-state index in [-0.39, 0.29) is 30.1 Å². The number of rotatable bonds is 5. The number of nitrogens with two attached hydrogens (primary N) is 1. The van der Waals surface area contributed by atoms with Gasteiger partial charge in [-0.2, -0.15) is 0 Å². The van der Waals surface area contributed by atoms with Crippen LogP contribution in [0.3, 0.4) is 0 Å². The summed E-state index contributed by atoms with van der Waals surface area (Å²) < 4.78 is 16.8. The summed E-state index contributed by atoms with van der Waals surface area (Å²) in [7, 11) is 1.64. The molecule has 0 saturated heterocycles. The summed E-state index contributed by atoms with van der Waals surface area (Å²) in [5.74, 6) is 2.68. The highest BCUT2D eigenvalue weighted by Crippen LogP contribution is 2.30. The predicted octanol–water partition coefficient (Wildman–Crippen LogP) is 2.56. The molecule has 1 atom stereocenters. The molecular weight excluding hydrogens is 433 g/mol. The molecule has 3 rings (SSSR count).